The summed E-state index contributed by atoms with van der Waals surface area (Å²) < 4.78 is 5.16. The van der Waals surface area contributed by atoms with E-state index in [2.05, 4.69) is 10.3 Å². The van der Waals surface area contributed by atoms with Crippen LogP contribution in [0.3, 0.4) is 0 Å². The lowest BCUT2D eigenvalue weighted by molar-refractivity contribution is -0.110. The quantitative estimate of drug-likeness (QED) is 0.908. The predicted molar refractivity (Wildman–Crippen MR) is 79.0 cm³/mol. The van der Waals surface area contributed by atoms with Crippen LogP contribution in [0.25, 0.3) is 0 Å². The summed E-state index contributed by atoms with van der Waals surface area (Å²) >= 11 is 0. The largest absolute Gasteiger partial charge is 0.497 e. The van der Waals surface area contributed by atoms with Gasteiger partial charge in [0, 0.05) is 11.6 Å². The van der Waals surface area contributed by atoms with Gasteiger partial charge < -0.3 is 10.1 Å². The Morgan fingerprint density at radius 2 is 2.00 bits per heavy atom. The van der Waals surface area contributed by atoms with Gasteiger partial charge in [-0.05, 0) is 31.2 Å². The molecule has 0 fully saturated rings. The summed E-state index contributed by atoms with van der Waals surface area (Å²) in [5.74, 6) is 0.545. The van der Waals surface area contributed by atoms with Crippen LogP contribution in [0.4, 0.5) is 11.4 Å². The second kappa shape index (κ2) is 4.81. The lowest BCUT2D eigenvalue weighted by Crippen LogP contribution is -2.13. The highest BCUT2D eigenvalue weighted by atomic mass is 16.5. The molecular weight excluding hydrogens is 252 g/mol. The topological polar surface area (TPSA) is 50.7 Å². The standard InChI is InChI=1S/C16H14N2O2/c1-10-6-7-14-13(8-10)15(16(19)18-14)17-11-4-3-5-12(9-11)20-2/h3-9H,1-2H3,(H,17,18,19). The molecule has 1 aliphatic rings. The van der Waals surface area contributed by atoms with Crippen LogP contribution in [0.5, 0.6) is 5.75 Å². The van der Waals surface area contributed by atoms with E-state index in [4.69, 9.17) is 4.74 Å². The van der Waals surface area contributed by atoms with Crippen molar-refractivity contribution in [1.82, 2.24) is 0 Å². The third-order valence-corrected chi connectivity index (χ3v) is 3.19. The number of hydrogen-bond acceptors (Lipinski definition) is 3. The molecule has 20 heavy (non-hydrogen) atoms. The lowest BCUT2D eigenvalue weighted by atomic mass is 10.1. The predicted octanol–water partition coefficient (Wildman–Crippen LogP) is 3.08. The maximum atomic E-state index is 12.0. The number of fused-ring (bicyclic) bond motifs is 1. The van der Waals surface area contributed by atoms with Crippen LogP contribution in [-0.4, -0.2) is 18.7 Å². The molecule has 0 atom stereocenters. The first-order valence-electron chi connectivity index (χ1n) is 6.32. The van der Waals surface area contributed by atoms with Crippen LogP contribution in [0.1, 0.15) is 11.1 Å². The van der Waals surface area contributed by atoms with E-state index in [0.29, 0.717) is 11.4 Å². The van der Waals surface area contributed by atoms with Gasteiger partial charge in [0.05, 0.1) is 18.5 Å². The SMILES string of the molecule is COc1cccc(N=C2C(=O)Nc3ccc(C)cc32)c1. The fraction of sp³-hybridized carbons (Fsp3) is 0.125. The number of hydrogen-bond donors (Lipinski definition) is 1. The molecule has 0 aliphatic carbocycles. The van der Waals surface area contributed by atoms with E-state index < -0.39 is 0 Å². The zero-order chi connectivity index (χ0) is 14.1. The first-order valence-corrected chi connectivity index (χ1v) is 6.32. The molecule has 0 radical (unpaired) electrons. The first kappa shape index (κ1) is 12.4. The fourth-order valence-corrected chi connectivity index (χ4v) is 2.19. The number of rotatable bonds is 2. The van der Waals surface area contributed by atoms with Crippen LogP contribution in [0.15, 0.2) is 47.5 Å². The maximum Gasteiger partial charge on any atom is 0.275 e. The van der Waals surface area contributed by atoms with Crippen LogP contribution in [0, 0.1) is 6.92 Å². The van der Waals surface area contributed by atoms with Crippen molar-refractivity contribution in [1.29, 1.82) is 0 Å². The zero-order valence-corrected chi connectivity index (χ0v) is 11.3. The minimum Gasteiger partial charge on any atom is -0.497 e. The third kappa shape index (κ3) is 2.16. The number of ether oxygens (including phenoxy) is 1. The summed E-state index contributed by atoms with van der Waals surface area (Å²) in [6, 6.07) is 13.2. The highest BCUT2D eigenvalue weighted by Gasteiger charge is 2.25. The summed E-state index contributed by atoms with van der Waals surface area (Å²) in [5.41, 5.74) is 3.89. The number of benzene rings is 2. The van der Waals surface area contributed by atoms with E-state index in [9.17, 15) is 4.79 Å². The molecule has 0 saturated heterocycles. The summed E-state index contributed by atoms with van der Waals surface area (Å²) in [7, 11) is 1.60. The summed E-state index contributed by atoms with van der Waals surface area (Å²) in [6.07, 6.45) is 0. The number of methoxy groups -OCH3 is 1. The Balaban J connectivity index is 2.08. The van der Waals surface area contributed by atoms with Crippen LogP contribution in [0.2, 0.25) is 0 Å². The number of carbonyl (C=O) groups is 1. The van der Waals surface area contributed by atoms with Crippen molar-refractivity contribution in [3.63, 3.8) is 0 Å². The minimum absolute atomic E-state index is 0.173. The Morgan fingerprint density at radius 1 is 1.15 bits per heavy atom. The number of nitrogens with one attached hydrogen (secondary N) is 1. The minimum atomic E-state index is -0.173. The van der Waals surface area contributed by atoms with Crippen molar-refractivity contribution < 1.29 is 9.53 Å². The van der Waals surface area contributed by atoms with Crippen molar-refractivity contribution in [3.05, 3.63) is 53.6 Å². The van der Waals surface area contributed by atoms with E-state index >= 15 is 0 Å². The van der Waals surface area contributed by atoms with Gasteiger partial charge in [0.25, 0.3) is 5.91 Å². The van der Waals surface area contributed by atoms with Gasteiger partial charge in [0.2, 0.25) is 0 Å². The van der Waals surface area contributed by atoms with E-state index in [1.807, 2.05) is 43.3 Å². The van der Waals surface area contributed by atoms with E-state index in [0.717, 1.165) is 22.6 Å². The van der Waals surface area contributed by atoms with Gasteiger partial charge >= 0.3 is 0 Å². The molecule has 1 aliphatic heterocycles. The lowest BCUT2D eigenvalue weighted by Gasteiger charge is -2.02. The third-order valence-electron chi connectivity index (χ3n) is 3.19. The molecule has 2 aromatic carbocycles. The fourth-order valence-electron chi connectivity index (χ4n) is 2.19. The summed E-state index contributed by atoms with van der Waals surface area (Å²) in [4.78, 5) is 16.5. The monoisotopic (exact) mass is 266 g/mol. The van der Waals surface area contributed by atoms with E-state index in [-0.39, 0.29) is 5.91 Å². The zero-order valence-electron chi connectivity index (χ0n) is 11.3. The van der Waals surface area contributed by atoms with Crippen molar-refractivity contribution in [2.75, 3.05) is 12.4 Å². The molecule has 3 rings (SSSR count). The molecule has 2 aromatic rings. The van der Waals surface area contributed by atoms with Gasteiger partial charge in [-0.1, -0.05) is 17.7 Å². The molecule has 0 aromatic heterocycles. The Labute approximate surface area is 117 Å². The van der Waals surface area contributed by atoms with Gasteiger partial charge in [-0.15, -0.1) is 0 Å². The second-order valence-corrected chi connectivity index (χ2v) is 4.67. The summed E-state index contributed by atoms with van der Waals surface area (Å²) in [6.45, 7) is 1.99. The highest BCUT2D eigenvalue weighted by Crippen LogP contribution is 2.27. The number of aliphatic imine (C=N–C) groups is 1. The van der Waals surface area contributed by atoms with Crippen molar-refractivity contribution in [3.8, 4) is 5.75 Å². The molecule has 1 amide bonds. The van der Waals surface area contributed by atoms with Crippen molar-refractivity contribution >= 4 is 23.0 Å². The van der Waals surface area contributed by atoms with Crippen LogP contribution >= 0.6 is 0 Å². The van der Waals surface area contributed by atoms with Crippen molar-refractivity contribution in [2.45, 2.75) is 6.92 Å². The van der Waals surface area contributed by atoms with E-state index in [1.165, 1.54) is 0 Å². The average Bonchev–Trinajstić information content (AvgIpc) is 2.75. The maximum absolute atomic E-state index is 12.0. The average molecular weight is 266 g/mol. The second-order valence-electron chi connectivity index (χ2n) is 4.67. The Bertz CT molecular complexity index is 720. The molecule has 1 heterocycles. The summed E-state index contributed by atoms with van der Waals surface area (Å²) in [5, 5.41) is 2.82. The molecule has 100 valence electrons. The molecule has 1 N–H and O–H groups in total. The molecule has 0 bridgehead atoms. The van der Waals surface area contributed by atoms with Gasteiger partial charge in [-0.3, -0.25) is 4.79 Å². The number of nitrogens with zero attached hydrogens (tertiary/aromatic N) is 1. The van der Waals surface area contributed by atoms with Gasteiger partial charge in [0.1, 0.15) is 11.5 Å². The highest BCUT2D eigenvalue weighted by molar-refractivity contribution is 6.54. The number of aryl methyl sites for hydroxylation is 1. The number of amides is 1. The molecule has 0 unspecified atom stereocenters. The Kier molecular flexibility index (Phi) is 2.99. The Morgan fingerprint density at radius 3 is 2.80 bits per heavy atom. The van der Waals surface area contributed by atoms with Crippen molar-refractivity contribution in [2.24, 2.45) is 4.99 Å². The van der Waals surface area contributed by atoms with Crippen LogP contribution < -0.4 is 10.1 Å². The molecule has 4 heteroatoms. The molecular formula is C16H14N2O2. The van der Waals surface area contributed by atoms with E-state index in [1.54, 1.807) is 13.2 Å². The molecule has 0 spiro atoms. The molecule has 4 nitrogen and oxygen atoms in total. The molecule has 0 saturated carbocycles. The first-order chi connectivity index (χ1) is 9.67. The Hall–Kier alpha value is -2.62. The van der Waals surface area contributed by atoms with Gasteiger partial charge in [-0.25, -0.2) is 4.99 Å². The normalized spacial score (nSPS) is 15.1. The van der Waals surface area contributed by atoms with Gasteiger partial charge in [-0.2, -0.15) is 0 Å². The number of anilines is 1. The smallest absolute Gasteiger partial charge is 0.275 e. The van der Waals surface area contributed by atoms with Gasteiger partial charge in [0.15, 0.2) is 0 Å². The van der Waals surface area contributed by atoms with Crippen LogP contribution in [-0.2, 0) is 4.79 Å². The number of carbonyl (C=O) groups excluding carboxylic acids is 1.